The van der Waals surface area contributed by atoms with E-state index in [-0.39, 0.29) is 54.6 Å². The zero-order valence-corrected chi connectivity index (χ0v) is 36.1. The third-order valence-electron chi connectivity index (χ3n) is 9.23. The fourth-order valence-corrected chi connectivity index (χ4v) is 8.45. The Morgan fingerprint density at radius 3 is 2.10 bits per heavy atom. The lowest BCUT2D eigenvalue weighted by Crippen LogP contribution is -2.36. The number of amidine groups is 1. The van der Waals surface area contributed by atoms with Crippen LogP contribution in [0.2, 0.25) is 20.1 Å². The number of para-hydroxylation sites is 1. The molecule has 4 aromatic rings. The van der Waals surface area contributed by atoms with Crippen LogP contribution in [0.15, 0.2) is 88.8 Å². The molecule has 1 aliphatic heterocycles. The van der Waals surface area contributed by atoms with Crippen LogP contribution in [0, 0.1) is 10.1 Å². The third-order valence-corrected chi connectivity index (χ3v) is 11.6. The molecule has 0 aliphatic carbocycles. The highest BCUT2D eigenvalue weighted by molar-refractivity contribution is 8.01. The van der Waals surface area contributed by atoms with Gasteiger partial charge in [-0.25, -0.2) is 14.8 Å². The van der Waals surface area contributed by atoms with E-state index in [1.54, 1.807) is 42.5 Å². The van der Waals surface area contributed by atoms with Crippen LogP contribution in [0.1, 0.15) is 84.0 Å². The van der Waals surface area contributed by atoms with E-state index >= 15 is 0 Å². The van der Waals surface area contributed by atoms with Crippen molar-refractivity contribution in [3.8, 4) is 5.75 Å². The van der Waals surface area contributed by atoms with Gasteiger partial charge in [0.15, 0.2) is 0 Å². The van der Waals surface area contributed by atoms with E-state index in [1.807, 2.05) is 0 Å². The van der Waals surface area contributed by atoms with Crippen molar-refractivity contribution in [2.75, 3.05) is 15.6 Å². The average Bonchev–Trinajstić information content (AvgIpc) is 3.48. The number of carbonyl (C=O) groups is 3. The van der Waals surface area contributed by atoms with Crippen molar-refractivity contribution in [3.63, 3.8) is 0 Å². The van der Waals surface area contributed by atoms with Crippen LogP contribution >= 0.6 is 58.2 Å². The van der Waals surface area contributed by atoms with Gasteiger partial charge in [0.1, 0.15) is 22.5 Å². The summed E-state index contributed by atoms with van der Waals surface area (Å²) >= 11 is 27.0. The highest BCUT2D eigenvalue weighted by Crippen LogP contribution is 2.41. The van der Waals surface area contributed by atoms with Gasteiger partial charge in [-0.2, -0.15) is 0 Å². The van der Waals surface area contributed by atoms with Gasteiger partial charge < -0.3 is 10.1 Å². The van der Waals surface area contributed by atoms with Crippen molar-refractivity contribution in [2.24, 2.45) is 4.99 Å². The van der Waals surface area contributed by atoms with Gasteiger partial charge >= 0.3 is 6.09 Å². The number of hydrogen-bond acceptors (Lipinski definition) is 8. The fraction of sp³-hybridized carbons (Fsp3) is 0.333. The molecule has 1 unspecified atom stereocenters. The molecule has 59 heavy (non-hydrogen) atoms. The first kappa shape index (κ1) is 45.6. The summed E-state index contributed by atoms with van der Waals surface area (Å²) in [5.74, 6) is -0.397. The molecule has 0 spiro atoms. The van der Waals surface area contributed by atoms with Crippen LogP contribution < -0.4 is 25.8 Å². The number of rotatable bonds is 20. The van der Waals surface area contributed by atoms with Gasteiger partial charge in [0.2, 0.25) is 5.91 Å². The first-order valence-electron chi connectivity index (χ1n) is 19.4. The highest BCUT2D eigenvalue weighted by atomic mass is 35.5. The number of nitro benzene ring substituents is 1. The number of ether oxygens (including phenoxy) is 1. The molecule has 0 radical (unpaired) electrons. The van der Waals surface area contributed by atoms with E-state index in [9.17, 15) is 24.5 Å². The Bertz CT molecular complexity index is 2140. The van der Waals surface area contributed by atoms with Crippen LogP contribution in [0.25, 0.3) is 0 Å². The van der Waals surface area contributed by atoms with Gasteiger partial charge in [-0.1, -0.05) is 130 Å². The van der Waals surface area contributed by atoms with E-state index in [0.717, 1.165) is 31.0 Å². The number of carbonyl (C=O) groups excluding carboxylic acids is 3. The normalized spacial score (nSPS) is 14.3. The van der Waals surface area contributed by atoms with E-state index in [2.05, 4.69) is 23.0 Å². The average molecular weight is 903 g/mol. The lowest BCUT2D eigenvalue weighted by Gasteiger charge is -2.19. The molecule has 1 fully saturated rings. The number of hydrogen-bond donors (Lipinski definition) is 3. The number of nitrogens with one attached hydrogen (secondary N) is 3. The molecule has 3 N–H and O–H groups in total. The quantitative estimate of drug-likeness (QED) is 0.0450. The predicted octanol–water partition coefficient (Wildman–Crippen LogP) is 13.2. The summed E-state index contributed by atoms with van der Waals surface area (Å²) in [6.07, 6.45) is 12.6. The number of thioether (sulfide) groups is 1. The first-order chi connectivity index (χ1) is 28.4. The van der Waals surface area contributed by atoms with E-state index in [0.29, 0.717) is 22.7 Å². The van der Waals surface area contributed by atoms with E-state index in [4.69, 9.17) is 56.1 Å². The largest absolute Gasteiger partial charge is 0.417 e. The van der Waals surface area contributed by atoms with Crippen LogP contribution in [-0.4, -0.2) is 33.9 Å². The summed E-state index contributed by atoms with van der Waals surface area (Å²) in [4.78, 5) is 55.8. The lowest BCUT2D eigenvalue weighted by molar-refractivity contribution is -0.384. The Balaban J connectivity index is 1.30. The minimum Gasteiger partial charge on any atom is -0.410 e. The first-order valence-corrected chi connectivity index (χ1v) is 21.7. The maximum atomic E-state index is 14.3. The molecule has 5 rings (SSSR count). The number of halogens is 4. The van der Waals surface area contributed by atoms with Crippen LogP contribution in [0.3, 0.4) is 0 Å². The van der Waals surface area contributed by atoms with Gasteiger partial charge in [-0.3, -0.25) is 30.4 Å². The Hall–Kier alpha value is -4.53. The minimum absolute atomic E-state index is 0.0829. The summed E-state index contributed by atoms with van der Waals surface area (Å²) in [5.41, 5.74) is 4.07. The van der Waals surface area contributed by atoms with E-state index in [1.165, 1.54) is 92.8 Å². The van der Waals surface area contributed by atoms with Gasteiger partial charge in [0.05, 0.1) is 31.4 Å². The maximum absolute atomic E-state index is 14.3. The molecule has 0 aromatic heterocycles. The van der Waals surface area contributed by atoms with Crippen LogP contribution in [0.4, 0.5) is 33.2 Å². The topological polar surface area (TPSA) is 155 Å². The molecule has 0 saturated carbocycles. The summed E-state index contributed by atoms with van der Waals surface area (Å²) in [7, 11) is 0. The third kappa shape index (κ3) is 13.5. The molecule has 312 valence electrons. The van der Waals surface area contributed by atoms with Crippen molar-refractivity contribution < 1.29 is 24.0 Å². The second-order valence-corrected chi connectivity index (χ2v) is 16.6. The molecule has 3 amide bonds. The number of unbranched alkanes of at least 4 members (excludes halogenated alkanes) is 10. The number of anilines is 3. The van der Waals surface area contributed by atoms with Crippen molar-refractivity contribution in [2.45, 2.75) is 94.1 Å². The van der Waals surface area contributed by atoms with Gasteiger partial charge in [0, 0.05) is 34.2 Å². The number of amides is 3. The Kier molecular flexibility index (Phi) is 17.6. The number of non-ortho nitro benzene ring substituents is 1. The van der Waals surface area contributed by atoms with Gasteiger partial charge in [-0.05, 0) is 61.0 Å². The van der Waals surface area contributed by atoms with E-state index < -0.39 is 22.2 Å². The number of benzene rings is 4. The SMILES string of the molecule is CCCCCCCCCCCCCC(=O)Nc1ccc(Cl)c(N=C2NN(c3c(Cl)cc(Cl)cc3Cl)C(=O)C2Sc2ccccc2NC(=O)Oc2ccc([N+](=O)[O-])cc2)c1. The minimum atomic E-state index is -1.05. The summed E-state index contributed by atoms with van der Waals surface area (Å²) in [6.45, 7) is 2.23. The molecule has 1 heterocycles. The Morgan fingerprint density at radius 1 is 0.831 bits per heavy atom. The molecule has 12 nitrogen and oxygen atoms in total. The smallest absolute Gasteiger partial charge is 0.410 e. The maximum Gasteiger partial charge on any atom is 0.417 e. The molecule has 0 bridgehead atoms. The molecule has 17 heteroatoms. The number of aliphatic imine (C=N–C) groups is 1. The Labute approximate surface area is 367 Å². The van der Waals surface area contributed by atoms with Crippen molar-refractivity contribution in [3.05, 3.63) is 109 Å². The number of nitro groups is 1. The van der Waals surface area contributed by atoms with Crippen molar-refractivity contribution in [1.29, 1.82) is 0 Å². The summed E-state index contributed by atoms with van der Waals surface area (Å²) < 4.78 is 5.34. The van der Waals surface area contributed by atoms with Crippen molar-refractivity contribution in [1.82, 2.24) is 5.43 Å². The van der Waals surface area contributed by atoms with Crippen LogP contribution in [-0.2, 0) is 9.59 Å². The van der Waals surface area contributed by atoms with Gasteiger partial charge in [0.25, 0.3) is 11.6 Å². The second-order valence-electron chi connectivity index (χ2n) is 13.8. The summed E-state index contributed by atoms with van der Waals surface area (Å²) in [5, 5.41) is 17.5. The zero-order chi connectivity index (χ0) is 42.3. The molecule has 4 aromatic carbocycles. The highest BCUT2D eigenvalue weighted by Gasteiger charge is 2.41. The van der Waals surface area contributed by atoms with Crippen LogP contribution in [0.5, 0.6) is 5.75 Å². The van der Waals surface area contributed by atoms with Gasteiger partial charge in [-0.15, -0.1) is 11.8 Å². The molecule has 1 atom stereocenters. The fourth-order valence-electron chi connectivity index (χ4n) is 6.22. The second kappa shape index (κ2) is 22.7. The predicted molar refractivity (Wildman–Crippen MR) is 239 cm³/mol. The molecular weight excluding hydrogens is 858 g/mol. The number of nitrogens with zero attached hydrogens (tertiary/aromatic N) is 3. The zero-order valence-electron chi connectivity index (χ0n) is 32.3. The number of hydrazine groups is 1. The molecule has 1 saturated heterocycles. The van der Waals surface area contributed by atoms with Crippen molar-refractivity contribution >= 4 is 110 Å². The molecular formula is C42H44Cl4N6O6S. The Morgan fingerprint density at radius 2 is 1.46 bits per heavy atom. The summed E-state index contributed by atoms with van der Waals surface area (Å²) in [6, 6.07) is 19.6. The monoisotopic (exact) mass is 900 g/mol. The lowest BCUT2D eigenvalue weighted by atomic mass is 10.1. The standard InChI is InChI=1S/C42H44Cl4N6O6S/c1-2-3-4-5-6-7-8-9-10-11-12-17-37(53)47-28-18-23-31(44)35(26-28)48-40-39(41(54)51(50-40)38-32(45)24-27(43)25-33(38)46)59-36-16-14-13-15-34(36)49-42(55)58-30-21-19-29(20-22-30)52(56)57/h13-16,18-26,39H,2-12,17H2,1H3,(H,47,53)(H,48,50)(H,49,55). The molecule has 1 aliphatic rings.